The van der Waals surface area contributed by atoms with Crippen molar-refractivity contribution < 1.29 is 29.5 Å². The number of aliphatic hydroxyl groups excluding tert-OH is 1. The molecular formula is C17H16N2O7. The number of ether oxygens (including phenoxy) is 1. The van der Waals surface area contributed by atoms with E-state index in [1.54, 1.807) is 0 Å². The van der Waals surface area contributed by atoms with Crippen LogP contribution in [0.15, 0.2) is 48.5 Å². The summed E-state index contributed by atoms with van der Waals surface area (Å²) in [7, 11) is 0. The van der Waals surface area contributed by atoms with Crippen LogP contribution in [0.25, 0.3) is 0 Å². The van der Waals surface area contributed by atoms with Crippen LogP contribution in [0.1, 0.15) is 20.7 Å². The van der Waals surface area contributed by atoms with E-state index in [1.165, 1.54) is 48.5 Å². The number of non-ortho nitro benzene ring substituents is 1. The van der Waals surface area contributed by atoms with Crippen LogP contribution in [0.5, 0.6) is 5.75 Å². The third kappa shape index (κ3) is 5.02. The van der Waals surface area contributed by atoms with Gasteiger partial charge in [0.25, 0.3) is 11.6 Å². The van der Waals surface area contributed by atoms with Crippen LogP contribution in [0.2, 0.25) is 0 Å². The molecule has 0 saturated heterocycles. The Morgan fingerprint density at radius 3 is 2.31 bits per heavy atom. The number of hydrogen-bond acceptors (Lipinski definition) is 6. The lowest BCUT2D eigenvalue weighted by Gasteiger charge is -2.14. The fraction of sp³-hybridized carbons (Fsp3) is 0.176. The van der Waals surface area contributed by atoms with Crippen molar-refractivity contribution in [2.24, 2.45) is 0 Å². The predicted octanol–water partition coefficient (Wildman–Crippen LogP) is 1.46. The first-order valence-electron chi connectivity index (χ1n) is 7.54. The second-order valence-electron chi connectivity index (χ2n) is 5.28. The van der Waals surface area contributed by atoms with E-state index in [0.29, 0.717) is 5.75 Å². The highest BCUT2D eigenvalue weighted by molar-refractivity contribution is 6.04. The van der Waals surface area contributed by atoms with Crippen molar-refractivity contribution in [3.63, 3.8) is 0 Å². The fourth-order valence-electron chi connectivity index (χ4n) is 2.09. The fourth-order valence-corrected chi connectivity index (χ4v) is 2.09. The van der Waals surface area contributed by atoms with E-state index in [4.69, 9.17) is 9.84 Å². The molecule has 0 radical (unpaired) electrons. The van der Waals surface area contributed by atoms with Crippen molar-refractivity contribution >= 4 is 17.6 Å². The zero-order valence-corrected chi connectivity index (χ0v) is 13.5. The molecule has 0 heterocycles. The predicted molar refractivity (Wildman–Crippen MR) is 90.3 cm³/mol. The normalized spacial score (nSPS) is 11.4. The maximum atomic E-state index is 12.1. The Labute approximate surface area is 148 Å². The van der Waals surface area contributed by atoms with E-state index in [0.717, 1.165) is 0 Å². The average molecular weight is 360 g/mol. The Bertz CT molecular complexity index is 805. The van der Waals surface area contributed by atoms with Crippen molar-refractivity contribution in [3.8, 4) is 5.75 Å². The molecule has 0 aromatic heterocycles. The van der Waals surface area contributed by atoms with Gasteiger partial charge in [-0.3, -0.25) is 14.9 Å². The standard InChI is InChI=1S/C17H16N2O7/c20-12(10-26-13-7-5-11(6-8-13)19(24)25)9-18-16(21)14-3-1-2-4-15(14)17(22)23/h1-8,12,20H,9-10H2,(H,18,21)(H,22,23). The number of nitrogens with one attached hydrogen (secondary N) is 1. The van der Waals surface area contributed by atoms with Crippen LogP contribution >= 0.6 is 0 Å². The molecule has 0 aliphatic rings. The van der Waals surface area contributed by atoms with Crippen molar-refractivity contribution in [1.82, 2.24) is 5.32 Å². The lowest BCUT2D eigenvalue weighted by molar-refractivity contribution is -0.384. The molecule has 26 heavy (non-hydrogen) atoms. The van der Waals surface area contributed by atoms with Crippen molar-refractivity contribution in [2.45, 2.75) is 6.10 Å². The highest BCUT2D eigenvalue weighted by Crippen LogP contribution is 2.17. The molecule has 0 fully saturated rings. The van der Waals surface area contributed by atoms with Crippen LogP contribution in [-0.2, 0) is 0 Å². The SMILES string of the molecule is O=C(O)c1ccccc1C(=O)NCC(O)COc1ccc([N+](=O)[O-])cc1. The van der Waals surface area contributed by atoms with Gasteiger partial charge in [0.15, 0.2) is 0 Å². The lowest BCUT2D eigenvalue weighted by atomic mass is 10.1. The minimum Gasteiger partial charge on any atom is -0.491 e. The summed E-state index contributed by atoms with van der Waals surface area (Å²) >= 11 is 0. The van der Waals surface area contributed by atoms with E-state index in [2.05, 4.69) is 5.32 Å². The molecule has 1 amide bonds. The number of aliphatic hydroxyl groups is 1. The number of nitrogens with zero attached hydrogens (tertiary/aromatic N) is 1. The Hall–Kier alpha value is -3.46. The van der Waals surface area contributed by atoms with Gasteiger partial charge in [0.05, 0.1) is 16.1 Å². The number of carbonyl (C=O) groups excluding carboxylic acids is 1. The zero-order valence-electron chi connectivity index (χ0n) is 13.5. The lowest BCUT2D eigenvalue weighted by Crippen LogP contribution is -2.35. The molecular weight excluding hydrogens is 344 g/mol. The van der Waals surface area contributed by atoms with E-state index >= 15 is 0 Å². The maximum absolute atomic E-state index is 12.1. The molecule has 0 aliphatic carbocycles. The quantitative estimate of drug-likeness (QED) is 0.478. The first kappa shape index (κ1) is 18.9. The molecule has 3 N–H and O–H groups in total. The van der Waals surface area contributed by atoms with E-state index in [1.807, 2.05) is 0 Å². The van der Waals surface area contributed by atoms with Gasteiger partial charge in [0.2, 0.25) is 0 Å². The number of aromatic carboxylic acids is 1. The topological polar surface area (TPSA) is 139 Å². The number of amides is 1. The zero-order chi connectivity index (χ0) is 19.1. The molecule has 9 heteroatoms. The smallest absolute Gasteiger partial charge is 0.336 e. The van der Waals surface area contributed by atoms with Crippen LogP contribution in [0.4, 0.5) is 5.69 Å². The molecule has 2 rings (SSSR count). The third-order valence-corrected chi connectivity index (χ3v) is 3.39. The third-order valence-electron chi connectivity index (χ3n) is 3.39. The van der Waals surface area contributed by atoms with Gasteiger partial charge in [-0.1, -0.05) is 12.1 Å². The number of nitro groups is 1. The summed E-state index contributed by atoms with van der Waals surface area (Å²) in [4.78, 5) is 33.2. The van der Waals surface area contributed by atoms with Gasteiger partial charge < -0.3 is 20.3 Å². The summed E-state index contributed by atoms with van der Waals surface area (Å²) in [5.74, 6) is -1.52. The Morgan fingerprint density at radius 1 is 1.12 bits per heavy atom. The summed E-state index contributed by atoms with van der Waals surface area (Å²) in [5, 5.41) is 31.9. The van der Waals surface area contributed by atoms with Gasteiger partial charge in [0, 0.05) is 18.7 Å². The van der Waals surface area contributed by atoms with E-state index in [9.17, 15) is 24.8 Å². The Morgan fingerprint density at radius 2 is 1.73 bits per heavy atom. The van der Waals surface area contributed by atoms with Crippen molar-refractivity contribution in [2.75, 3.05) is 13.2 Å². The molecule has 136 valence electrons. The van der Waals surface area contributed by atoms with Crippen LogP contribution in [-0.4, -0.2) is 46.3 Å². The second kappa shape index (κ2) is 8.58. The number of hydrogen-bond donors (Lipinski definition) is 3. The molecule has 2 aromatic carbocycles. The number of carbonyl (C=O) groups is 2. The number of benzene rings is 2. The number of rotatable bonds is 8. The minimum absolute atomic E-state index is 0.0107. The first-order chi connectivity index (χ1) is 12.4. The van der Waals surface area contributed by atoms with Gasteiger partial charge in [0.1, 0.15) is 18.5 Å². The summed E-state index contributed by atoms with van der Waals surface area (Å²) < 4.78 is 5.28. The molecule has 0 aliphatic heterocycles. The van der Waals surface area contributed by atoms with Crippen molar-refractivity contribution in [3.05, 3.63) is 69.8 Å². The van der Waals surface area contributed by atoms with E-state index < -0.39 is 22.9 Å². The van der Waals surface area contributed by atoms with Crippen LogP contribution < -0.4 is 10.1 Å². The minimum atomic E-state index is -1.22. The van der Waals surface area contributed by atoms with Gasteiger partial charge in [-0.2, -0.15) is 0 Å². The summed E-state index contributed by atoms with van der Waals surface area (Å²) in [6, 6.07) is 11.1. The molecule has 0 bridgehead atoms. The molecule has 1 unspecified atom stereocenters. The van der Waals surface area contributed by atoms with Crippen molar-refractivity contribution in [1.29, 1.82) is 0 Å². The maximum Gasteiger partial charge on any atom is 0.336 e. The molecule has 1 atom stereocenters. The number of carboxylic acids is 1. The largest absolute Gasteiger partial charge is 0.491 e. The van der Waals surface area contributed by atoms with Gasteiger partial charge in [-0.05, 0) is 24.3 Å². The molecule has 0 spiro atoms. The second-order valence-corrected chi connectivity index (χ2v) is 5.28. The summed E-state index contributed by atoms with van der Waals surface area (Å²) in [6.07, 6.45) is -1.05. The first-order valence-corrected chi connectivity index (χ1v) is 7.54. The summed E-state index contributed by atoms with van der Waals surface area (Å²) in [6.45, 7) is -0.307. The van der Waals surface area contributed by atoms with E-state index in [-0.39, 0.29) is 30.0 Å². The van der Waals surface area contributed by atoms with Gasteiger partial charge in [-0.25, -0.2) is 4.79 Å². The Balaban J connectivity index is 1.85. The van der Waals surface area contributed by atoms with Gasteiger partial charge >= 0.3 is 5.97 Å². The Kier molecular flexibility index (Phi) is 6.23. The number of nitro benzene ring substituents is 1. The number of carboxylic acid groups (broad SMARTS) is 1. The van der Waals surface area contributed by atoms with Crippen LogP contribution in [0, 0.1) is 10.1 Å². The molecule has 9 nitrogen and oxygen atoms in total. The average Bonchev–Trinajstić information content (AvgIpc) is 2.64. The van der Waals surface area contributed by atoms with Crippen LogP contribution in [0.3, 0.4) is 0 Å². The highest BCUT2D eigenvalue weighted by atomic mass is 16.6. The molecule has 0 saturated carbocycles. The summed E-state index contributed by atoms with van der Waals surface area (Å²) in [5.41, 5.74) is -0.229. The van der Waals surface area contributed by atoms with Gasteiger partial charge in [-0.15, -0.1) is 0 Å². The molecule has 2 aromatic rings. The highest BCUT2D eigenvalue weighted by Gasteiger charge is 2.16. The monoisotopic (exact) mass is 360 g/mol.